The highest BCUT2D eigenvalue weighted by atomic mass is 16.3. The first kappa shape index (κ1) is 25.4. The Morgan fingerprint density at radius 3 is 2.15 bits per heavy atom. The van der Waals surface area contributed by atoms with E-state index in [9.17, 15) is 15.0 Å². The first-order valence-corrected chi connectivity index (χ1v) is 13.7. The molecule has 188 valence electrons. The van der Waals surface area contributed by atoms with E-state index in [2.05, 4.69) is 41.2 Å². The number of Topliss-reactive ketones (excluding diaryl/α,β-unsaturated/α-hetero) is 1. The van der Waals surface area contributed by atoms with E-state index in [1.807, 2.05) is 0 Å². The number of hydrogen-bond donors (Lipinski definition) is 2. The van der Waals surface area contributed by atoms with E-state index >= 15 is 0 Å². The zero-order valence-corrected chi connectivity index (χ0v) is 22.5. The molecule has 8 atom stereocenters. The summed E-state index contributed by atoms with van der Waals surface area (Å²) in [5.41, 5.74) is 0.968. The fourth-order valence-corrected chi connectivity index (χ4v) is 9.99. The van der Waals surface area contributed by atoms with Crippen LogP contribution in [0.25, 0.3) is 0 Å². The smallest absolute Gasteiger partial charge is 0.164 e. The third-order valence-electron chi connectivity index (χ3n) is 12.3. The largest absolute Gasteiger partial charge is 0.393 e. The van der Waals surface area contributed by atoms with Gasteiger partial charge in [0.25, 0.3) is 0 Å². The maximum Gasteiger partial charge on any atom is 0.164 e. The molecular formula is C30H50O3. The molecule has 2 N–H and O–H groups in total. The van der Waals surface area contributed by atoms with Crippen molar-refractivity contribution in [3.8, 4) is 0 Å². The van der Waals surface area contributed by atoms with Crippen LogP contribution in [0, 0.1) is 45.3 Å². The molecule has 0 unspecified atom stereocenters. The summed E-state index contributed by atoms with van der Waals surface area (Å²) in [4.78, 5) is 12.3. The van der Waals surface area contributed by atoms with Crippen molar-refractivity contribution in [2.75, 3.05) is 0 Å². The lowest BCUT2D eigenvalue weighted by atomic mass is 9.35. The SMILES string of the molecule is C=C(CCC(=O)C(C)(C)O)[C@H]1CC[C@]2(C)[C@@H]1CC[C@@H]1[C@@]3(C)CC[C@H](O)C(C)(C)[C@H]3CC[C@]12C. The number of aliphatic hydroxyl groups is 2. The highest BCUT2D eigenvalue weighted by Gasteiger charge is 2.68. The first-order chi connectivity index (χ1) is 15.1. The van der Waals surface area contributed by atoms with E-state index in [1.165, 1.54) is 50.5 Å². The normalized spacial score (nSPS) is 46.8. The molecule has 3 heteroatoms. The summed E-state index contributed by atoms with van der Waals surface area (Å²) in [6.07, 6.45) is 10.6. The molecule has 4 rings (SSSR count). The Bertz CT molecular complexity index is 806. The summed E-state index contributed by atoms with van der Waals surface area (Å²) >= 11 is 0. The lowest BCUT2D eigenvalue weighted by Gasteiger charge is -2.69. The molecule has 4 aliphatic carbocycles. The summed E-state index contributed by atoms with van der Waals surface area (Å²) in [5.74, 6) is 2.42. The average molecular weight is 459 g/mol. The van der Waals surface area contributed by atoms with Crippen molar-refractivity contribution in [1.29, 1.82) is 0 Å². The van der Waals surface area contributed by atoms with E-state index < -0.39 is 5.60 Å². The fourth-order valence-electron chi connectivity index (χ4n) is 9.99. The van der Waals surface area contributed by atoms with Gasteiger partial charge in [-0.05, 0) is 117 Å². The Morgan fingerprint density at radius 2 is 1.52 bits per heavy atom. The number of carbonyl (C=O) groups is 1. The minimum Gasteiger partial charge on any atom is -0.393 e. The third kappa shape index (κ3) is 3.62. The van der Waals surface area contributed by atoms with Crippen molar-refractivity contribution in [3.05, 3.63) is 12.2 Å². The van der Waals surface area contributed by atoms with E-state index in [4.69, 9.17) is 0 Å². The molecule has 3 nitrogen and oxygen atoms in total. The molecular weight excluding hydrogens is 408 g/mol. The quantitative estimate of drug-likeness (QED) is 0.450. The van der Waals surface area contributed by atoms with Gasteiger partial charge < -0.3 is 10.2 Å². The number of carbonyl (C=O) groups excluding carboxylic acids is 1. The highest BCUT2D eigenvalue weighted by Crippen LogP contribution is 2.75. The van der Waals surface area contributed by atoms with Gasteiger partial charge in [-0.3, -0.25) is 4.79 Å². The highest BCUT2D eigenvalue weighted by molar-refractivity contribution is 5.86. The van der Waals surface area contributed by atoms with E-state index in [-0.39, 0.29) is 17.3 Å². The summed E-state index contributed by atoms with van der Waals surface area (Å²) in [5, 5.41) is 20.9. The second kappa shape index (κ2) is 7.92. The van der Waals surface area contributed by atoms with E-state index in [0.717, 1.165) is 12.3 Å². The van der Waals surface area contributed by atoms with Crippen LogP contribution in [0.2, 0.25) is 0 Å². The van der Waals surface area contributed by atoms with Gasteiger partial charge in [0.05, 0.1) is 6.10 Å². The van der Waals surface area contributed by atoms with Crippen LogP contribution in [0.4, 0.5) is 0 Å². The third-order valence-corrected chi connectivity index (χ3v) is 12.3. The number of hydrogen-bond acceptors (Lipinski definition) is 3. The predicted molar refractivity (Wildman–Crippen MR) is 135 cm³/mol. The standard InChI is InChI=1S/C30H50O3/c1-19(9-12-25(32)27(4,5)33)20-13-17-29(7)21(20)10-11-23-28(6)16-15-24(31)26(2,3)22(28)14-18-30(23,29)8/h20-24,31,33H,1,9-18H2,2-8H3/t20-,21-,22-,23-,24+,28+,29-,30-/m1/s1. The number of ketones is 1. The first-order valence-electron chi connectivity index (χ1n) is 13.7. The molecule has 0 radical (unpaired) electrons. The summed E-state index contributed by atoms with van der Waals surface area (Å²) < 4.78 is 0. The van der Waals surface area contributed by atoms with Crippen LogP contribution in [0.5, 0.6) is 0 Å². The molecule has 0 aromatic heterocycles. The zero-order valence-electron chi connectivity index (χ0n) is 22.5. The topological polar surface area (TPSA) is 57.5 Å². The molecule has 4 saturated carbocycles. The van der Waals surface area contributed by atoms with Crippen molar-refractivity contribution < 1.29 is 15.0 Å². The van der Waals surface area contributed by atoms with Crippen molar-refractivity contribution in [2.45, 2.75) is 124 Å². The van der Waals surface area contributed by atoms with Crippen LogP contribution in [-0.2, 0) is 4.79 Å². The van der Waals surface area contributed by atoms with Gasteiger partial charge in [0.15, 0.2) is 5.78 Å². The molecule has 33 heavy (non-hydrogen) atoms. The van der Waals surface area contributed by atoms with Gasteiger partial charge in [0, 0.05) is 6.42 Å². The second-order valence-corrected chi connectivity index (χ2v) is 14.3. The van der Waals surface area contributed by atoms with E-state index in [1.54, 1.807) is 13.8 Å². The minimum atomic E-state index is -1.24. The average Bonchev–Trinajstić information content (AvgIpc) is 3.07. The molecule has 4 fully saturated rings. The summed E-state index contributed by atoms with van der Waals surface area (Å²) in [7, 11) is 0. The Balaban J connectivity index is 1.55. The van der Waals surface area contributed by atoms with Gasteiger partial charge in [0.1, 0.15) is 5.60 Å². The predicted octanol–water partition coefficient (Wildman–Crippen LogP) is 6.71. The molecule has 0 heterocycles. The van der Waals surface area contributed by atoms with Crippen molar-refractivity contribution in [2.24, 2.45) is 45.3 Å². The van der Waals surface area contributed by atoms with Gasteiger partial charge in [-0.15, -0.1) is 0 Å². The van der Waals surface area contributed by atoms with Crippen LogP contribution < -0.4 is 0 Å². The zero-order chi connectivity index (χ0) is 24.6. The molecule has 4 aliphatic rings. The second-order valence-electron chi connectivity index (χ2n) is 14.3. The minimum absolute atomic E-state index is 0.00556. The van der Waals surface area contributed by atoms with Crippen LogP contribution >= 0.6 is 0 Å². The van der Waals surface area contributed by atoms with Gasteiger partial charge >= 0.3 is 0 Å². The van der Waals surface area contributed by atoms with Gasteiger partial charge in [0.2, 0.25) is 0 Å². The fraction of sp³-hybridized carbons (Fsp3) is 0.900. The monoisotopic (exact) mass is 458 g/mol. The van der Waals surface area contributed by atoms with Gasteiger partial charge in [-0.2, -0.15) is 0 Å². The molecule has 0 spiro atoms. The van der Waals surface area contributed by atoms with Crippen LogP contribution in [0.1, 0.15) is 113 Å². The number of fused-ring (bicyclic) bond motifs is 5. The lowest BCUT2D eigenvalue weighted by molar-refractivity contribution is -0.220. The molecule has 0 saturated heterocycles. The summed E-state index contributed by atoms with van der Waals surface area (Å²) in [6, 6.07) is 0. The number of allylic oxidation sites excluding steroid dienone is 1. The number of aliphatic hydroxyl groups excluding tert-OH is 1. The maximum absolute atomic E-state index is 12.3. The van der Waals surface area contributed by atoms with Gasteiger partial charge in [-0.1, -0.05) is 46.8 Å². The Labute approximate surface area is 202 Å². The lowest BCUT2D eigenvalue weighted by Crippen LogP contribution is -2.63. The van der Waals surface area contributed by atoms with Gasteiger partial charge in [-0.25, -0.2) is 0 Å². The summed E-state index contributed by atoms with van der Waals surface area (Å²) in [6.45, 7) is 20.1. The van der Waals surface area contributed by atoms with E-state index in [0.29, 0.717) is 46.8 Å². The van der Waals surface area contributed by atoms with Crippen molar-refractivity contribution in [1.82, 2.24) is 0 Å². The van der Waals surface area contributed by atoms with Crippen molar-refractivity contribution in [3.63, 3.8) is 0 Å². The van der Waals surface area contributed by atoms with Crippen LogP contribution in [-0.4, -0.2) is 27.7 Å². The molecule has 0 aromatic rings. The number of rotatable bonds is 5. The Hall–Kier alpha value is -0.670. The molecule has 0 amide bonds. The maximum atomic E-state index is 12.3. The Kier molecular flexibility index (Phi) is 6.10. The van der Waals surface area contributed by atoms with Crippen molar-refractivity contribution >= 4 is 5.78 Å². The Morgan fingerprint density at radius 1 is 0.879 bits per heavy atom. The molecule has 0 aromatic carbocycles. The van der Waals surface area contributed by atoms with Crippen LogP contribution in [0.3, 0.4) is 0 Å². The molecule has 0 bridgehead atoms. The molecule has 0 aliphatic heterocycles. The van der Waals surface area contributed by atoms with Crippen LogP contribution in [0.15, 0.2) is 12.2 Å².